The lowest BCUT2D eigenvalue weighted by Gasteiger charge is -2.54. The zero-order valence-electron chi connectivity index (χ0n) is 5.91. The van der Waals surface area contributed by atoms with Gasteiger partial charge in [0.2, 0.25) is 0 Å². The summed E-state index contributed by atoms with van der Waals surface area (Å²) in [5.74, 6) is 0. The fourth-order valence-corrected chi connectivity index (χ4v) is 2.66. The molecule has 1 heteroatoms. The van der Waals surface area contributed by atoms with E-state index in [1.54, 1.807) is 0 Å². The Labute approximate surface area is 55.4 Å². The van der Waals surface area contributed by atoms with Crippen molar-refractivity contribution in [2.45, 2.75) is 44.7 Å². The average molecular weight is 128 g/mol. The van der Waals surface area contributed by atoms with E-state index < -0.39 is 5.67 Å². The fraction of sp³-hybridized carbons (Fsp3) is 1.00. The van der Waals surface area contributed by atoms with Crippen molar-refractivity contribution in [2.24, 2.45) is 5.41 Å². The maximum absolute atomic E-state index is 13.2. The van der Waals surface area contributed by atoms with Gasteiger partial charge in [0.15, 0.2) is 0 Å². The second-order valence-electron chi connectivity index (χ2n) is 4.17. The molecular formula is C8H13F. The van der Waals surface area contributed by atoms with Gasteiger partial charge >= 0.3 is 0 Å². The van der Waals surface area contributed by atoms with E-state index in [2.05, 4.69) is 6.92 Å². The topological polar surface area (TPSA) is 0 Å². The molecular weight excluding hydrogens is 115 g/mol. The van der Waals surface area contributed by atoms with Crippen molar-refractivity contribution in [3.63, 3.8) is 0 Å². The summed E-state index contributed by atoms with van der Waals surface area (Å²) in [6.07, 6.45) is 4.91. The smallest absolute Gasteiger partial charge is 0.112 e. The van der Waals surface area contributed by atoms with Crippen LogP contribution in [0.4, 0.5) is 4.39 Å². The molecule has 3 fully saturated rings. The van der Waals surface area contributed by atoms with E-state index in [1.165, 1.54) is 6.42 Å². The number of alkyl halides is 1. The van der Waals surface area contributed by atoms with Crippen LogP contribution in [0.15, 0.2) is 0 Å². The molecule has 0 aromatic carbocycles. The highest BCUT2D eigenvalue weighted by molar-refractivity contribution is 5.05. The fourth-order valence-electron chi connectivity index (χ4n) is 2.66. The van der Waals surface area contributed by atoms with Gasteiger partial charge < -0.3 is 0 Å². The lowest BCUT2D eigenvalue weighted by atomic mass is 9.53. The minimum Gasteiger partial charge on any atom is -0.244 e. The van der Waals surface area contributed by atoms with Gasteiger partial charge in [0.1, 0.15) is 5.67 Å². The van der Waals surface area contributed by atoms with Crippen LogP contribution in [0.3, 0.4) is 0 Å². The Hall–Kier alpha value is -0.0700. The number of hydrogen-bond acceptors (Lipinski definition) is 0. The highest BCUT2D eigenvalue weighted by Gasteiger charge is 2.54. The first-order chi connectivity index (χ1) is 4.12. The first kappa shape index (κ1) is 5.70. The van der Waals surface area contributed by atoms with Gasteiger partial charge in [-0.05, 0) is 37.5 Å². The second-order valence-corrected chi connectivity index (χ2v) is 4.17. The van der Waals surface area contributed by atoms with Gasteiger partial charge in [-0.2, -0.15) is 0 Å². The van der Waals surface area contributed by atoms with E-state index in [-0.39, 0.29) is 0 Å². The average Bonchev–Trinajstić information content (AvgIpc) is 1.59. The number of rotatable bonds is 0. The molecule has 0 spiro atoms. The first-order valence-electron chi connectivity index (χ1n) is 3.81. The number of hydrogen-bond donors (Lipinski definition) is 0. The normalized spacial score (nSPS) is 56.7. The molecule has 0 aromatic rings. The minimum atomic E-state index is -0.715. The number of fused-ring (bicyclic) bond motifs is 2. The van der Waals surface area contributed by atoms with Gasteiger partial charge in [-0.15, -0.1) is 0 Å². The molecule has 0 unspecified atom stereocenters. The highest BCUT2D eigenvalue weighted by Crippen LogP contribution is 2.59. The third-order valence-corrected chi connectivity index (χ3v) is 2.89. The quantitative estimate of drug-likeness (QED) is 0.470. The first-order valence-corrected chi connectivity index (χ1v) is 3.81. The van der Waals surface area contributed by atoms with Crippen LogP contribution in [-0.4, -0.2) is 5.67 Å². The Kier molecular flexibility index (Phi) is 0.841. The molecule has 0 atom stereocenters. The van der Waals surface area contributed by atoms with Crippen LogP contribution >= 0.6 is 0 Å². The minimum absolute atomic E-state index is 0.410. The van der Waals surface area contributed by atoms with E-state index in [1.807, 2.05) is 0 Å². The Morgan fingerprint density at radius 3 is 2.22 bits per heavy atom. The van der Waals surface area contributed by atoms with Crippen LogP contribution in [-0.2, 0) is 0 Å². The predicted octanol–water partition coefficient (Wildman–Crippen LogP) is 2.68. The highest BCUT2D eigenvalue weighted by atomic mass is 19.1. The molecule has 0 heterocycles. The molecule has 0 amide bonds. The molecule has 0 radical (unpaired) electrons. The SMILES string of the molecule is CC12CCCC(F)(C1)C2. The molecule has 9 heavy (non-hydrogen) atoms. The monoisotopic (exact) mass is 128 g/mol. The van der Waals surface area contributed by atoms with E-state index in [0.717, 1.165) is 25.7 Å². The lowest BCUT2D eigenvalue weighted by molar-refractivity contribution is -0.102. The molecule has 0 saturated heterocycles. The molecule has 3 saturated carbocycles. The molecule has 3 aliphatic carbocycles. The molecule has 52 valence electrons. The van der Waals surface area contributed by atoms with Crippen molar-refractivity contribution >= 4 is 0 Å². The van der Waals surface area contributed by atoms with Crippen LogP contribution in [0.25, 0.3) is 0 Å². The van der Waals surface area contributed by atoms with Crippen LogP contribution in [0.1, 0.15) is 39.0 Å². The predicted molar refractivity (Wildman–Crippen MR) is 35.0 cm³/mol. The van der Waals surface area contributed by atoms with Crippen molar-refractivity contribution in [1.82, 2.24) is 0 Å². The van der Waals surface area contributed by atoms with E-state index in [4.69, 9.17) is 0 Å². The number of halogens is 1. The standard InChI is InChI=1S/C8H13F/c1-7-3-2-4-8(9,5-7)6-7/h2-6H2,1H3. The van der Waals surface area contributed by atoms with Gasteiger partial charge in [-0.25, -0.2) is 4.39 Å². The molecule has 2 bridgehead atoms. The summed E-state index contributed by atoms with van der Waals surface area (Å²) in [7, 11) is 0. The second kappa shape index (κ2) is 1.33. The third-order valence-electron chi connectivity index (χ3n) is 2.89. The van der Waals surface area contributed by atoms with Crippen molar-refractivity contribution < 1.29 is 4.39 Å². The van der Waals surface area contributed by atoms with Gasteiger partial charge in [0.25, 0.3) is 0 Å². The van der Waals surface area contributed by atoms with Gasteiger partial charge in [-0.3, -0.25) is 0 Å². The Bertz CT molecular complexity index is 120. The van der Waals surface area contributed by atoms with Crippen molar-refractivity contribution in [1.29, 1.82) is 0 Å². The van der Waals surface area contributed by atoms with Crippen molar-refractivity contribution in [3.8, 4) is 0 Å². The van der Waals surface area contributed by atoms with Crippen LogP contribution in [0.5, 0.6) is 0 Å². The van der Waals surface area contributed by atoms with Crippen LogP contribution in [0.2, 0.25) is 0 Å². The zero-order chi connectivity index (χ0) is 6.54. The maximum atomic E-state index is 13.2. The molecule has 0 aromatic heterocycles. The Morgan fingerprint density at radius 1 is 1.22 bits per heavy atom. The molecule has 0 nitrogen and oxygen atoms in total. The van der Waals surface area contributed by atoms with E-state index in [9.17, 15) is 4.39 Å². The van der Waals surface area contributed by atoms with Gasteiger partial charge in [-0.1, -0.05) is 6.92 Å². The summed E-state index contributed by atoms with van der Waals surface area (Å²) in [5.41, 5.74) is -0.306. The zero-order valence-corrected chi connectivity index (χ0v) is 5.91. The van der Waals surface area contributed by atoms with E-state index in [0.29, 0.717) is 5.41 Å². The summed E-state index contributed by atoms with van der Waals surface area (Å²) in [5, 5.41) is 0. The Morgan fingerprint density at radius 2 is 1.89 bits per heavy atom. The molecule has 3 rings (SSSR count). The van der Waals surface area contributed by atoms with Crippen LogP contribution < -0.4 is 0 Å². The summed E-state index contributed by atoms with van der Waals surface area (Å²) in [6, 6.07) is 0. The van der Waals surface area contributed by atoms with Gasteiger partial charge in [0.05, 0.1) is 0 Å². The Balaban J connectivity index is 2.12. The lowest BCUT2D eigenvalue weighted by Crippen LogP contribution is -2.50. The van der Waals surface area contributed by atoms with Gasteiger partial charge in [0, 0.05) is 0 Å². The maximum Gasteiger partial charge on any atom is 0.112 e. The summed E-state index contributed by atoms with van der Waals surface area (Å²) in [6.45, 7) is 2.21. The van der Waals surface area contributed by atoms with E-state index >= 15 is 0 Å². The van der Waals surface area contributed by atoms with Crippen molar-refractivity contribution in [2.75, 3.05) is 0 Å². The largest absolute Gasteiger partial charge is 0.244 e. The summed E-state index contributed by atoms with van der Waals surface area (Å²) in [4.78, 5) is 0. The van der Waals surface area contributed by atoms with Crippen molar-refractivity contribution in [3.05, 3.63) is 0 Å². The summed E-state index contributed by atoms with van der Waals surface area (Å²) >= 11 is 0. The summed E-state index contributed by atoms with van der Waals surface area (Å²) < 4.78 is 13.2. The molecule has 0 aliphatic heterocycles. The van der Waals surface area contributed by atoms with Crippen LogP contribution in [0, 0.1) is 5.41 Å². The third kappa shape index (κ3) is 0.702. The molecule has 3 aliphatic rings. The molecule has 0 N–H and O–H groups in total.